The lowest BCUT2D eigenvalue weighted by molar-refractivity contribution is 0.0995. The number of aryl methyl sites for hydroxylation is 2. The number of nitrogens with one attached hydrogen (secondary N) is 1. The van der Waals surface area contributed by atoms with Crippen molar-refractivity contribution in [2.75, 3.05) is 18.4 Å². The third kappa shape index (κ3) is 3.54. The van der Waals surface area contributed by atoms with Crippen LogP contribution in [0.1, 0.15) is 40.5 Å². The molecule has 0 saturated carbocycles. The van der Waals surface area contributed by atoms with Crippen LogP contribution in [0.4, 0.5) is 5.69 Å². The maximum Gasteiger partial charge on any atom is 0.291 e. The van der Waals surface area contributed by atoms with E-state index in [4.69, 9.17) is 4.42 Å². The lowest BCUT2D eigenvalue weighted by atomic mass is 10.3. The van der Waals surface area contributed by atoms with Crippen molar-refractivity contribution in [3.63, 3.8) is 0 Å². The molecule has 0 atom stereocenters. The predicted molar refractivity (Wildman–Crippen MR) is 112 cm³/mol. The van der Waals surface area contributed by atoms with E-state index in [1.807, 2.05) is 37.3 Å². The Morgan fingerprint density at radius 2 is 1.77 bits per heavy atom. The largest absolute Gasteiger partial charge is 0.455 e. The van der Waals surface area contributed by atoms with Crippen LogP contribution >= 0.6 is 0 Å². The summed E-state index contributed by atoms with van der Waals surface area (Å²) in [4.78, 5) is 12.9. The third-order valence-electron chi connectivity index (χ3n) is 5.31. The van der Waals surface area contributed by atoms with Crippen LogP contribution < -0.4 is 5.32 Å². The Hall–Kier alpha value is -2.91. The average molecular weight is 429 g/mol. The molecule has 9 heteroatoms. The Kier molecular flexibility index (Phi) is 5.25. The first-order valence-corrected chi connectivity index (χ1v) is 11.3. The van der Waals surface area contributed by atoms with Crippen LogP contribution in [0.5, 0.6) is 0 Å². The van der Waals surface area contributed by atoms with Gasteiger partial charge in [-0.3, -0.25) is 4.79 Å². The molecule has 1 N–H and O–H groups in total. The highest BCUT2D eigenvalue weighted by molar-refractivity contribution is 7.89. The summed E-state index contributed by atoms with van der Waals surface area (Å²) in [5, 5.41) is 7.33. The minimum Gasteiger partial charge on any atom is -0.455 e. The number of sulfonamides is 1. The Labute approximate surface area is 175 Å². The molecule has 1 saturated heterocycles. The lowest BCUT2D eigenvalue weighted by Gasteiger charge is -2.14. The van der Waals surface area contributed by atoms with E-state index >= 15 is 0 Å². The number of anilines is 1. The van der Waals surface area contributed by atoms with Gasteiger partial charge in [-0.1, -0.05) is 18.2 Å². The number of para-hydroxylation sites is 1. The zero-order valence-electron chi connectivity index (χ0n) is 17.2. The van der Waals surface area contributed by atoms with Crippen LogP contribution in [0, 0.1) is 20.8 Å². The van der Waals surface area contributed by atoms with Gasteiger partial charge >= 0.3 is 0 Å². The summed E-state index contributed by atoms with van der Waals surface area (Å²) in [6.07, 6.45) is 1.68. The molecule has 0 aliphatic carbocycles. The number of aromatic nitrogens is 2. The molecule has 1 aliphatic heterocycles. The van der Waals surface area contributed by atoms with Gasteiger partial charge in [0, 0.05) is 19.2 Å². The van der Waals surface area contributed by atoms with Gasteiger partial charge in [-0.25, -0.2) is 13.1 Å². The van der Waals surface area contributed by atoms with Crippen LogP contribution in [0.15, 0.2) is 45.7 Å². The molecule has 0 bridgehead atoms. The number of nitrogens with zero attached hydrogens (tertiary/aromatic N) is 3. The fourth-order valence-electron chi connectivity index (χ4n) is 3.72. The van der Waals surface area contributed by atoms with Crippen molar-refractivity contribution in [1.82, 2.24) is 14.1 Å². The topological polar surface area (TPSA) is 97.4 Å². The molecule has 0 radical (unpaired) electrons. The van der Waals surface area contributed by atoms with Crippen molar-refractivity contribution in [2.24, 2.45) is 0 Å². The SMILES string of the molecule is Cc1nn(-c2ccccc2)c(C)c1NC(=O)c1cc(S(=O)(=O)N2CCCC2)c(C)o1. The van der Waals surface area contributed by atoms with Crippen molar-refractivity contribution in [3.05, 3.63) is 59.3 Å². The van der Waals surface area contributed by atoms with Crippen molar-refractivity contribution in [1.29, 1.82) is 0 Å². The van der Waals surface area contributed by atoms with Gasteiger partial charge in [0.2, 0.25) is 10.0 Å². The highest BCUT2D eigenvalue weighted by atomic mass is 32.2. The Morgan fingerprint density at radius 1 is 1.10 bits per heavy atom. The monoisotopic (exact) mass is 428 g/mol. The van der Waals surface area contributed by atoms with Crippen molar-refractivity contribution in [3.8, 4) is 5.69 Å². The summed E-state index contributed by atoms with van der Waals surface area (Å²) in [5.74, 6) is -0.350. The van der Waals surface area contributed by atoms with E-state index in [9.17, 15) is 13.2 Å². The van der Waals surface area contributed by atoms with Crippen molar-refractivity contribution in [2.45, 2.75) is 38.5 Å². The second-order valence-electron chi connectivity index (χ2n) is 7.39. The molecule has 1 aliphatic rings. The van der Waals surface area contributed by atoms with Gasteiger partial charge in [0.25, 0.3) is 5.91 Å². The average Bonchev–Trinajstić information content (AvgIpc) is 3.45. The zero-order chi connectivity index (χ0) is 21.5. The van der Waals surface area contributed by atoms with E-state index in [-0.39, 0.29) is 16.4 Å². The van der Waals surface area contributed by atoms with E-state index in [1.165, 1.54) is 10.4 Å². The van der Waals surface area contributed by atoms with Gasteiger partial charge in [-0.2, -0.15) is 9.40 Å². The summed E-state index contributed by atoms with van der Waals surface area (Å²) in [6.45, 7) is 6.21. The molecule has 3 aromatic rings. The molecule has 1 fully saturated rings. The van der Waals surface area contributed by atoms with Gasteiger partial charge in [0.15, 0.2) is 5.76 Å². The second-order valence-corrected chi connectivity index (χ2v) is 9.30. The zero-order valence-corrected chi connectivity index (χ0v) is 18.0. The van der Waals surface area contributed by atoms with Crippen molar-refractivity contribution >= 4 is 21.6 Å². The Bertz CT molecular complexity index is 1190. The van der Waals surface area contributed by atoms with E-state index in [0.29, 0.717) is 24.5 Å². The molecule has 0 spiro atoms. The number of hydrogen-bond donors (Lipinski definition) is 1. The van der Waals surface area contributed by atoms with E-state index in [1.54, 1.807) is 18.5 Å². The van der Waals surface area contributed by atoms with E-state index in [2.05, 4.69) is 10.4 Å². The Morgan fingerprint density at radius 3 is 2.43 bits per heavy atom. The summed E-state index contributed by atoms with van der Waals surface area (Å²) < 4.78 is 34.4. The maximum atomic E-state index is 12.8. The first-order chi connectivity index (χ1) is 14.3. The molecule has 158 valence electrons. The summed E-state index contributed by atoms with van der Waals surface area (Å²) in [7, 11) is -3.66. The number of furan rings is 1. The number of hydrogen-bond acceptors (Lipinski definition) is 5. The maximum absolute atomic E-state index is 12.8. The number of rotatable bonds is 5. The molecule has 1 aromatic carbocycles. The number of carbonyl (C=O) groups excluding carboxylic acids is 1. The molecule has 1 amide bonds. The molecule has 0 unspecified atom stereocenters. The Balaban J connectivity index is 1.61. The predicted octanol–water partition coefficient (Wildman–Crippen LogP) is 3.43. The van der Waals surface area contributed by atoms with Crippen LogP contribution in [-0.4, -0.2) is 41.5 Å². The second kappa shape index (κ2) is 7.73. The minimum atomic E-state index is -3.66. The van der Waals surface area contributed by atoms with Crippen LogP contribution in [0.3, 0.4) is 0 Å². The van der Waals surface area contributed by atoms with Crippen molar-refractivity contribution < 1.29 is 17.6 Å². The molecule has 8 nitrogen and oxygen atoms in total. The number of amides is 1. The molecule has 4 rings (SSSR count). The standard InChI is InChI=1S/C21H24N4O4S/c1-14-20(15(2)25(23-14)17-9-5-4-6-10-17)22-21(26)18-13-19(16(3)29-18)30(27,28)24-11-7-8-12-24/h4-6,9-10,13H,7-8,11-12H2,1-3H3,(H,22,26). The number of benzene rings is 1. The highest BCUT2D eigenvalue weighted by Crippen LogP contribution is 2.28. The molecule has 2 aromatic heterocycles. The van der Waals surface area contributed by atoms with Crippen LogP contribution in [-0.2, 0) is 10.0 Å². The first kappa shape index (κ1) is 20.4. The molecular weight excluding hydrogens is 404 g/mol. The normalized spacial score (nSPS) is 14.9. The smallest absolute Gasteiger partial charge is 0.291 e. The van der Waals surface area contributed by atoms with Gasteiger partial charge in [-0.05, 0) is 45.7 Å². The van der Waals surface area contributed by atoms with Gasteiger partial charge in [-0.15, -0.1) is 0 Å². The quantitative estimate of drug-likeness (QED) is 0.671. The summed E-state index contributed by atoms with van der Waals surface area (Å²) in [5.41, 5.74) is 2.87. The van der Waals surface area contributed by atoms with Gasteiger partial charge in [0.05, 0.1) is 22.8 Å². The first-order valence-electron chi connectivity index (χ1n) is 9.82. The third-order valence-corrected chi connectivity index (χ3v) is 7.32. The summed E-state index contributed by atoms with van der Waals surface area (Å²) in [6, 6.07) is 10.9. The molecular formula is C21H24N4O4S. The molecule has 30 heavy (non-hydrogen) atoms. The van der Waals surface area contributed by atoms with Gasteiger partial charge in [0.1, 0.15) is 10.7 Å². The number of carbonyl (C=O) groups is 1. The van der Waals surface area contributed by atoms with Crippen LogP contribution in [0.2, 0.25) is 0 Å². The minimum absolute atomic E-state index is 0.0444. The van der Waals surface area contributed by atoms with Gasteiger partial charge < -0.3 is 9.73 Å². The lowest BCUT2D eigenvalue weighted by Crippen LogP contribution is -2.28. The van der Waals surface area contributed by atoms with Crippen LogP contribution in [0.25, 0.3) is 5.69 Å². The highest BCUT2D eigenvalue weighted by Gasteiger charge is 2.32. The van der Waals surface area contributed by atoms with E-state index in [0.717, 1.165) is 24.2 Å². The van der Waals surface area contributed by atoms with E-state index < -0.39 is 15.9 Å². The fraction of sp³-hybridized carbons (Fsp3) is 0.333. The summed E-state index contributed by atoms with van der Waals surface area (Å²) >= 11 is 0. The fourth-order valence-corrected chi connectivity index (χ4v) is 5.40. The molecule has 3 heterocycles.